The highest BCUT2D eigenvalue weighted by Crippen LogP contribution is 2.59. The molecule has 5 aliphatic carbocycles. The van der Waals surface area contributed by atoms with E-state index in [2.05, 4.69) is 482 Å². The molecule has 0 spiro atoms. The minimum absolute atomic E-state index is 0.0737. The molecule has 630 valence electrons. The van der Waals surface area contributed by atoms with E-state index in [4.69, 9.17) is 0 Å². The highest BCUT2D eigenvalue weighted by molar-refractivity contribution is 6.26. The molecule has 0 N–H and O–H groups in total. The van der Waals surface area contributed by atoms with Gasteiger partial charge in [0.05, 0.1) is 0 Å². The van der Waals surface area contributed by atoms with Crippen molar-refractivity contribution in [1.82, 2.24) is 0 Å². The second kappa shape index (κ2) is 28.8. The van der Waals surface area contributed by atoms with Crippen LogP contribution in [-0.2, 0) is 27.1 Å². The van der Waals surface area contributed by atoms with Gasteiger partial charge in [-0.25, -0.2) is 0 Å². The first-order chi connectivity index (χ1) is 64.7. The molecular weight excluding hydrogens is 1600 g/mol. The van der Waals surface area contributed by atoms with Crippen LogP contribution < -0.4 is 0 Å². The first-order valence-corrected chi connectivity index (χ1v) is 47.5. The van der Waals surface area contributed by atoms with Crippen LogP contribution in [0.25, 0.3) is 220 Å². The fourth-order valence-corrected chi connectivity index (χ4v) is 25.2. The Morgan fingerprint density at radius 2 is 0.346 bits per heavy atom. The number of hydrogen-bond acceptors (Lipinski definition) is 0. The highest BCUT2D eigenvalue weighted by Gasteiger charge is 2.42. The third kappa shape index (κ3) is 11.5. The van der Waals surface area contributed by atoms with Crippen LogP contribution in [0.5, 0.6) is 0 Å². The largest absolute Gasteiger partial charge is 0.0619 e. The predicted octanol–water partition coefficient (Wildman–Crippen LogP) is 36.3. The van der Waals surface area contributed by atoms with Crippen LogP contribution in [0.4, 0.5) is 0 Å². The lowest BCUT2D eigenvalue weighted by Crippen LogP contribution is -2.15. The summed E-state index contributed by atoms with van der Waals surface area (Å²) in [6, 6.07) is 157. The molecule has 133 heavy (non-hydrogen) atoms. The zero-order valence-electron chi connectivity index (χ0n) is 76.8. The molecule has 0 heteroatoms. The minimum atomic E-state index is -0.118. The molecule has 0 saturated carbocycles. The van der Waals surface area contributed by atoms with Crippen LogP contribution in [0.15, 0.2) is 413 Å². The molecule has 22 aromatic rings. The summed E-state index contributed by atoms with van der Waals surface area (Å²) >= 11 is 0. The van der Waals surface area contributed by atoms with E-state index in [9.17, 15) is 0 Å². The van der Waals surface area contributed by atoms with E-state index in [1.165, 1.54) is 276 Å². The molecule has 27 rings (SSSR count). The Balaban J connectivity index is 0.000000139. The van der Waals surface area contributed by atoms with E-state index in [0.717, 1.165) is 0 Å². The summed E-state index contributed by atoms with van der Waals surface area (Å²) in [7, 11) is 0. The lowest BCUT2D eigenvalue weighted by molar-refractivity contribution is 0.660. The predicted molar refractivity (Wildman–Crippen MR) is 567 cm³/mol. The maximum atomic E-state index is 2.51. The van der Waals surface area contributed by atoms with Gasteiger partial charge >= 0.3 is 0 Å². The van der Waals surface area contributed by atoms with Gasteiger partial charge in [-0.05, 0) is 324 Å². The van der Waals surface area contributed by atoms with E-state index >= 15 is 0 Å². The van der Waals surface area contributed by atoms with Crippen molar-refractivity contribution in [2.45, 2.75) is 96.3 Å². The van der Waals surface area contributed by atoms with Crippen molar-refractivity contribution in [2.24, 2.45) is 0 Å². The summed E-state index contributed by atoms with van der Waals surface area (Å²) in [4.78, 5) is 0. The van der Waals surface area contributed by atoms with Crippen LogP contribution in [0.1, 0.15) is 125 Å². The molecule has 0 unspecified atom stereocenters. The van der Waals surface area contributed by atoms with E-state index in [1.807, 2.05) is 0 Å². The fourth-order valence-electron chi connectivity index (χ4n) is 25.2. The SMILES string of the molecule is CC1(C)c2ccccc2-c2ccc(-c3ccc4c(-c5ccc(-c6cc7ccccc7c7ccccc67)cc5)c5ccccc5c(-c5ccc6c(c5)C(C)(C)c5ccccc5-6)c4c3)cc21.CC1(C)c2ccccc2-c2ccc(-c3ccc4c(-c5ccc(-c6ccc7c(c6)C(C)(C)c6ccccc6-7)c6ccccc56)c5ccccc5c(-c5ccc6c(c5)C(C)(C)c5ccccc5-6)c4c3)cc21. The summed E-state index contributed by atoms with van der Waals surface area (Å²) < 4.78 is 0. The van der Waals surface area contributed by atoms with Crippen LogP contribution in [0.3, 0.4) is 0 Å². The van der Waals surface area contributed by atoms with Crippen molar-refractivity contribution >= 4 is 75.4 Å². The molecule has 0 aliphatic heterocycles. The Kier molecular flexibility index (Phi) is 17.1. The summed E-state index contributed by atoms with van der Waals surface area (Å²) in [5, 5.41) is 17.8. The third-order valence-corrected chi connectivity index (χ3v) is 32.0. The molecule has 0 bridgehead atoms. The van der Waals surface area contributed by atoms with Gasteiger partial charge in [-0.15, -0.1) is 0 Å². The Morgan fingerprint density at radius 1 is 0.113 bits per heavy atom. The molecule has 0 heterocycles. The molecule has 22 aromatic carbocycles. The summed E-state index contributed by atoms with van der Waals surface area (Å²) in [6.45, 7) is 23.8. The maximum Gasteiger partial charge on any atom is 0.0159 e. The van der Waals surface area contributed by atoms with Gasteiger partial charge in [0.2, 0.25) is 0 Å². The second-order valence-corrected chi connectivity index (χ2v) is 40.7. The number of hydrogen-bond donors (Lipinski definition) is 0. The topological polar surface area (TPSA) is 0 Å². The van der Waals surface area contributed by atoms with Gasteiger partial charge < -0.3 is 0 Å². The zero-order chi connectivity index (χ0) is 89.5. The lowest BCUT2D eigenvalue weighted by Gasteiger charge is -2.24. The highest BCUT2D eigenvalue weighted by atomic mass is 14.4. The summed E-state index contributed by atoms with van der Waals surface area (Å²) in [6.07, 6.45) is 0. The molecular formula is C133H98. The Bertz CT molecular complexity index is 8830. The van der Waals surface area contributed by atoms with Crippen molar-refractivity contribution in [2.75, 3.05) is 0 Å². The first kappa shape index (κ1) is 78.7. The maximum absolute atomic E-state index is 2.51. The van der Waals surface area contributed by atoms with Gasteiger partial charge in [-0.1, -0.05) is 433 Å². The molecule has 0 nitrogen and oxygen atoms in total. The molecule has 0 radical (unpaired) electrons. The molecule has 0 aromatic heterocycles. The Labute approximate surface area is 778 Å². The summed E-state index contributed by atoms with van der Waals surface area (Å²) in [5.41, 5.74) is 47.1. The van der Waals surface area contributed by atoms with Crippen molar-refractivity contribution in [3.8, 4) is 145 Å². The van der Waals surface area contributed by atoms with Gasteiger partial charge in [0.15, 0.2) is 0 Å². The molecule has 0 fully saturated rings. The van der Waals surface area contributed by atoms with Crippen molar-refractivity contribution in [3.05, 3.63) is 468 Å². The minimum Gasteiger partial charge on any atom is -0.0619 e. The van der Waals surface area contributed by atoms with E-state index < -0.39 is 0 Å². The van der Waals surface area contributed by atoms with Gasteiger partial charge in [-0.2, -0.15) is 0 Å². The Hall–Kier alpha value is -15.3. The molecule has 5 aliphatic rings. The van der Waals surface area contributed by atoms with Crippen LogP contribution in [0.2, 0.25) is 0 Å². The van der Waals surface area contributed by atoms with Crippen molar-refractivity contribution < 1.29 is 0 Å². The Morgan fingerprint density at radius 3 is 0.752 bits per heavy atom. The van der Waals surface area contributed by atoms with E-state index in [1.54, 1.807) is 0 Å². The lowest BCUT2D eigenvalue weighted by atomic mass is 9.79. The van der Waals surface area contributed by atoms with Gasteiger partial charge in [0.25, 0.3) is 0 Å². The van der Waals surface area contributed by atoms with Crippen molar-refractivity contribution in [1.29, 1.82) is 0 Å². The fraction of sp³-hybridized carbons (Fsp3) is 0.113. The number of benzene rings is 22. The average molecular weight is 1700 g/mol. The van der Waals surface area contributed by atoms with Crippen molar-refractivity contribution in [3.63, 3.8) is 0 Å². The monoisotopic (exact) mass is 1690 g/mol. The molecule has 0 amide bonds. The number of rotatable bonds is 8. The second-order valence-electron chi connectivity index (χ2n) is 40.7. The standard InChI is InChI=1S/C69H52.C64H46/c1-67(2)59-24-14-11-19-48(59)51-31-27-42(38-62(51)67)41-28-34-57-58(37-41)65(44-30-33-53-50-21-13-16-26-61(50)69(5,6)64(53)40-44)54-22-9-10-23-55(54)66(57)56-36-35-45(46-17-7-8-18-47(46)56)43-29-32-52-49-20-12-15-25-60(49)68(3,4)63(52)39-43;1-63(2)57-23-13-11-19-48(57)50-32-29-42(37-59(50)63)41-30-34-54-56(35-41)62(44-31-33-51-49-20-12-14-24-58(49)64(3,4)60(51)38-44)53-22-10-9-21-52(53)61(54)40-27-25-39(26-28-40)55-36-43-15-5-6-16-45(43)46-17-7-8-18-47(46)55/h7-40H,1-6H3;5-38H,1-4H3. The quantitative estimate of drug-likeness (QED) is 0.105. The van der Waals surface area contributed by atoms with Crippen LogP contribution >= 0.6 is 0 Å². The van der Waals surface area contributed by atoms with Gasteiger partial charge in [-0.3, -0.25) is 0 Å². The first-order valence-electron chi connectivity index (χ1n) is 47.5. The normalized spacial score (nSPS) is 14.7. The third-order valence-electron chi connectivity index (χ3n) is 32.0. The van der Waals surface area contributed by atoms with Crippen LogP contribution in [0, 0.1) is 0 Å². The van der Waals surface area contributed by atoms with Gasteiger partial charge in [0.1, 0.15) is 0 Å². The van der Waals surface area contributed by atoms with Crippen LogP contribution in [-0.4, -0.2) is 0 Å². The molecule has 0 saturated heterocycles. The number of fused-ring (bicyclic) bond motifs is 23. The van der Waals surface area contributed by atoms with E-state index in [0.29, 0.717) is 0 Å². The molecule has 0 atom stereocenters. The van der Waals surface area contributed by atoms with Gasteiger partial charge in [0, 0.05) is 27.1 Å². The van der Waals surface area contributed by atoms with E-state index in [-0.39, 0.29) is 27.1 Å². The summed E-state index contributed by atoms with van der Waals surface area (Å²) in [5.74, 6) is 0. The average Bonchev–Trinajstić information content (AvgIpc) is 1.70. The zero-order valence-corrected chi connectivity index (χ0v) is 76.8. The smallest absolute Gasteiger partial charge is 0.0159 e.